The molecule has 0 saturated heterocycles. The SMILES string of the molecule is CCn1c(SCC(=O)Nc2ccc(C(C)C)cc2)nnc1[C@@H](CO)NC(=O)c1ccc(OC)cc1. The number of aliphatic hydroxyl groups excluding tert-OH is 1. The standard InChI is InChI=1S/C25H31N5O4S/c1-5-30-23(21(14-31)27-24(33)18-8-12-20(34-4)13-9-18)28-29-25(30)35-15-22(32)26-19-10-6-17(7-11-19)16(2)3/h6-13,16,21,31H,5,14-15H2,1-4H3,(H,26,32)(H,27,33)/t21-/m1/s1. The van der Waals surface area contributed by atoms with Gasteiger partial charge in [-0.05, 0) is 54.8 Å². The van der Waals surface area contributed by atoms with Gasteiger partial charge < -0.3 is 25.0 Å². The van der Waals surface area contributed by atoms with Crippen LogP contribution in [0.5, 0.6) is 5.75 Å². The average Bonchev–Trinajstić information content (AvgIpc) is 3.29. The van der Waals surface area contributed by atoms with E-state index in [1.807, 2.05) is 31.2 Å². The first-order valence-electron chi connectivity index (χ1n) is 11.4. The molecule has 0 bridgehead atoms. The molecule has 186 valence electrons. The Kier molecular flexibility index (Phi) is 9.27. The van der Waals surface area contributed by atoms with Crippen molar-refractivity contribution in [1.29, 1.82) is 0 Å². The van der Waals surface area contributed by atoms with E-state index in [0.29, 0.717) is 34.8 Å². The number of aliphatic hydroxyl groups is 1. The number of amides is 2. The molecule has 0 aliphatic heterocycles. The Morgan fingerprint density at radius 2 is 1.77 bits per heavy atom. The number of ether oxygens (including phenoxy) is 1. The van der Waals surface area contributed by atoms with Gasteiger partial charge in [-0.15, -0.1) is 10.2 Å². The quantitative estimate of drug-likeness (QED) is 0.346. The van der Waals surface area contributed by atoms with Gasteiger partial charge in [0, 0.05) is 17.8 Å². The third-order valence-electron chi connectivity index (χ3n) is 5.41. The number of carbonyl (C=O) groups is 2. The maximum atomic E-state index is 12.7. The topological polar surface area (TPSA) is 118 Å². The molecule has 1 atom stereocenters. The lowest BCUT2D eigenvalue weighted by molar-refractivity contribution is -0.113. The third-order valence-corrected chi connectivity index (χ3v) is 6.37. The second-order valence-electron chi connectivity index (χ2n) is 8.14. The summed E-state index contributed by atoms with van der Waals surface area (Å²) in [5, 5.41) is 24.5. The highest BCUT2D eigenvalue weighted by atomic mass is 32.2. The zero-order chi connectivity index (χ0) is 25.4. The van der Waals surface area contributed by atoms with Crippen LogP contribution in [0, 0.1) is 0 Å². The van der Waals surface area contributed by atoms with Crippen molar-refractivity contribution in [2.45, 2.75) is 44.4 Å². The number of hydrogen-bond acceptors (Lipinski definition) is 7. The van der Waals surface area contributed by atoms with Crippen LogP contribution in [-0.4, -0.2) is 51.2 Å². The maximum absolute atomic E-state index is 12.7. The lowest BCUT2D eigenvalue weighted by atomic mass is 10.0. The van der Waals surface area contributed by atoms with Crippen molar-refractivity contribution in [1.82, 2.24) is 20.1 Å². The van der Waals surface area contributed by atoms with E-state index in [2.05, 4.69) is 34.7 Å². The second-order valence-corrected chi connectivity index (χ2v) is 9.08. The fraction of sp³-hybridized carbons (Fsp3) is 0.360. The Bertz CT molecular complexity index is 1130. The summed E-state index contributed by atoms with van der Waals surface area (Å²) in [6, 6.07) is 13.7. The van der Waals surface area contributed by atoms with Crippen molar-refractivity contribution in [3.8, 4) is 5.75 Å². The minimum Gasteiger partial charge on any atom is -0.497 e. The van der Waals surface area contributed by atoms with E-state index >= 15 is 0 Å². The van der Waals surface area contributed by atoms with E-state index in [9.17, 15) is 14.7 Å². The number of benzene rings is 2. The van der Waals surface area contributed by atoms with E-state index in [1.165, 1.54) is 17.3 Å². The highest BCUT2D eigenvalue weighted by Gasteiger charge is 2.23. The van der Waals surface area contributed by atoms with Crippen LogP contribution < -0.4 is 15.4 Å². The van der Waals surface area contributed by atoms with Crippen molar-refractivity contribution >= 4 is 29.3 Å². The smallest absolute Gasteiger partial charge is 0.251 e. The molecule has 3 N–H and O–H groups in total. The Hall–Kier alpha value is -3.37. The molecule has 0 aliphatic rings. The van der Waals surface area contributed by atoms with Crippen LogP contribution in [0.4, 0.5) is 5.69 Å². The Labute approximate surface area is 209 Å². The molecular formula is C25H31N5O4S. The van der Waals surface area contributed by atoms with Gasteiger partial charge in [-0.1, -0.05) is 37.7 Å². The summed E-state index contributed by atoms with van der Waals surface area (Å²) in [7, 11) is 1.55. The van der Waals surface area contributed by atoms with Gasteiger partial charge in [0.15, 0.2) is 11.0 Å². The monoisotopic (exact) mass is 497 g/mol. The number of methoxy groups -OCH3 is 1. The maximum Gasteiger partial charge on any atom is 0.251 e. The highest BCUT2D eigenvalue weighted by Crippen LogP contribution is 2.22. The number of thioether (sulfide) groups is 1. The number of carbonyl (C=O) groups excluding carboxylic acids is 2. The number of nitrogens with one attached hydrogen (secondary N) is 2. The summed E-state index contributed by atoms with van der Waals surface area (Å²) < 4.78 is 6.90. The summed E-state index contributed by atoms with van der Waals surface area (Å²) in [5.74, 6) is 1.12. The van der Waals surface area contributed by atoms with Crippen molar-refractivity contribution in [2.24, 2.45) is 0 Å². The summed E-state index contributed by atoms with van der Waals surface area (Å²) in [6.07, 6.45) is 0. The fourth-order valence-electron chi connectivity index (χ4n) is 3.42. The highest BCUT2D eigenvalue weighted by molar-refractivity contribution is 7.99. The Morgan fingerprint density at radius 1 is 1.09 bits per heavy atom. The van der Waals surface area contributed by atoms with Gasteiger partial charge in [0.05, 0.1) is 19.5 Å². The first-order chi connectivity index (χ1) is 16.9. The molecule has 3 aromatic rings. The minimum atomic E-state index is -0.750. The lowest BCUT2D eigenvalue weighted by Crippen LogP contribution is -2.32. The van der Waals surface area contributed by atoms with E-state index < -0.39 is 6.04 Å². The molecule has 0 radical (unpaired) electrons. The van der Waals surface area contributed by atoms with Gasteiger partial charge >= 0.3 is 0 Å². The molecule has 1 heterocycles. The Balaban J connectivity index is 1.63. The zero-order valence-electron chi connectivity index (χ0n) is 20.3. The van der Waals surface area contributed by atoms with Gasteiger partial charge in [0.25, 0.3) is 5.91 Å². The van der Waals surface area contributed by atoms with Gasteiger partial charge in [-0.3, -0.25) is 9.59 Å². The lowest BCUT2D eigenvalue weighted by Gasteiger charge is -2.17. The number of anilines is 1. The molecule has 0 fully saturated rings. The minimum absolute atomic E-state index is 0.145. The summed E-state index contributed by atoms with van der Waals surface area (Å²) in [5.41, 5.74) is 2.37. The summed E-state index contributed by atoms with van der Waals surface area (Å²) in [4.78, 5) is 25.1. The first kappa shape index (κ1) is 26.2. The van der Waals surface area contributed by atoms with Crippen LogP contribution in [0.1, 0.15) is 54.5 Å². The largest absolute Gasteiger partial charge is 0.497 e. The van der Waals surface area contributed by atoms with Crippen LogP contribution in [0.3, 0.4) is 0 Å². The predicted octanol–water partition coefficient (Wildman–Crippen LogP) is 3.62. The third kappa shape index (κ3) is 6.83. The van der Waals surface area contributed by atoms with Crippen LogP contribution >= 0.6 is 11.8 Å². The van der Waals surface area contributed by atoms with Gasteiger partial charge in [0.1, 0.15) is 11.8 Å². The van der Waals surface area contributed by atoms with Crippen molar-refractivity contribution in [3.63, 3.8) is 0 Å². The number of rotatable bonds is 11. The van der Waals surface area contributed by atoms with Crippen LogP contribution in [-0.2, 0) is 11.3 Å². The van der Waals surface area contributed by atoms with E-state index in [4.69, 9.17) is 4.74 Å². The van der Waals surface area contributed by atoms with Crippen molar-refractivity contribution in [3.05, 3.63) is 65.5 Å². The van der Waals surface area contributed by atoms with E-state index in [1.54, 1.807) is 35.9 Å². The van der Waals surface area contributed by atoms with Gasteiger partial charge in [-0.2, -0.15) is 0 Å². The van der Waals surface area contributed by atoms with E-state index in [-0.39, 0.29) is 24.2 Å². The molecule has 1 aromatic heterocycles. The van der Waals surface area contributed by atoms with Crippen molar-refractivity contribution in [2.75, 3.05) is 24.8 Å². The average molecular weight is 498 g/mol. The molecule has 2 amide bonds. The number of nitrogens with zero attached hydrogens (tertiary/aromatic N) is 3. The predicted molar refractivity (Wildman–Crippen MR) is 136 cm³/mol. The summed E-state index contributed by atoms with van der Waals surface area (Å²) >= 11 is 1.24. The van der Waals surface area contributed by atoms with Crippen LogP contribution in [0.2, 0.25) is 0 Å². The molecule has 9 nitrogen and oxygen atoms in total. The number of aromatic nitrogens is 3. The molecule has 3 rings (SSSR count). The molecule has 10 heteroatoms. The first-order valence-corrected chi connectivity index (χ1v) is 12.4. The van der Waals surface area contributed by atoms with Gasteiger partial charge in [-0.25, -0.2) is 0 Å². The fourth-order valence-corrected chi connectivity index (χ4v) is 4.23. The molecule has 2 aromatic carbocycles. The molecule has 0 aliphatic carbocycles. The van der Waals surface area contributed by atoms with Crippen molar-refractivity contribution < 1.29 is 19.4 Å². The van der Waals surface area contributed by atoms with E-state index in [0.717, 1.165) is 5.69 Å². The van der Waals surface area contributed by atoms with Crippen LogP contribution in [0.15, 0.2) is 53.7 Å². The zero-order valence-corrected chi connectivity index (χ0v) is 21.1. The van der Waals surface area contributed by atoms with Gasteiger partial charge in [0.2, 0.25) is 5.91 Å². The summed E-state index contributed by atoms with van der Waals surface area (Å²) in [6.45, 7) is 6.31. The number of hydrogen-bond donors (Lipinski definition) is 3. The van der Waals surface area contributed by atoms with Crippen LogP contribution in [0.25, 0.3) is 0 Å². The molecule has 0 unspecified atom stereocenters. The molecule has 35 heavy (non-hydrogen) atoms. The molecule has 0 saturated carbocycles. The molecular weight excluding hydrogens is 466 g/mol. The molecule has 0 spiro atoms. The normalized spacial score (nSPS) is 11.8. The second kappa shape index (κ2) is 12.4. The Morgan fingerprint density at radius 3 is 2.34 bits per heavy atom.